The summed E-state index contributed by atoms with van der Waals surface area (Å²) in [5.74, 6) is 1.18. The molecular formula is C12H18N2O4. The van der Waals surface area contributed by atoms with Gasteiger partial charge in [0.05, 0.1) is 18.2 Å². The smallest absolute Gasteiger partial charge is 0.323 e. The summed E-state index contributed by atoms with van der Waals surface area (Å²) >= 11 is 0. The van der Waals surface area contributed by atoms with Gasteiger partial charge in [-0.15, -0.1) is 6.42 Å². The van der Waals surface area contributed by atoms with Crippen LogP contribution in [-0.2, 0) is 9.53 Å². The van der Waals surface area contributed by atoms with Crippen molar-refractivity contribution in [1.29, 1.82) is 0 Å². The lowest BCUT2D eigenvalue weighted by atomic mass is 9.95. The second-order valence-electron chi connectivity index (χ2n) is 4.56. The average molecular weight is 254 g/mol. The van der Waals surface area contributed by atoms with Crippen LogP contribution in [0.2, 0.25) is 0 Å². The van der Waals surface area contributed by atoms with Crippen LogP contribution in [0.15, 0.2) is 0 Å². The topological polar surface area (TPSA) is 78.9 Å². The molecule has 100 valence electrons. The number of carbonyl (C=O) groups excluding carboxylic acids is 1. The summed E-state index contributed by atoms with van der Waals surface area (Å²) in [6.45, 7) is 3.87. The van der Waals surface area contributed by atoms with Crippen molar-refractivity contribution in [2.24, 2.45) is 0 Å². The van der Waals surface area contributed by atoms with E-state index in [0.29, 0.717) is 13.0 Å². The highest BCUT2D eigenvalue weighted by Gasteiger charge is 2.39. The van der Waals surface area contributed by atoms with E-state index in [-0.39, 0.29) is 12.6 Å². The largest absolute Gasteiger partial charge is 0.480 e. The maximum Gasteiger partial charge on any atom is 0.323 e. The molecule has 0 aromatic rings. The molecule has 0 spiro atoms. The summed E-state index contributed by atoms with van der Waals surface area (Å²) < 4.78 is 5.40. The highest BCUT2D eigenvalue weighted by atomic mass is 16.5. The van der Waals surface area contributed by atoms with Gasteiger partial charge >= 0.3 is 12.0 Å². The van der Waals surface area contributed by atoms with E-state index in [2.05, 4.69) is 11.2 Å². The minimum absolute atomic E-state index is 0.0382. The zero-order valence-electron chi connectivity index (χ0n) is 10.6. The van der Waals surface area contributed by atoms with E-state index in [9.17, 15) is 9.59 Å². The fraction of sp³-hybridized carbons (Fsp3) is 0.667. The van der Waals surface area contributed by atoms with Gasteiger partial charge in [0.1, 0.15) is 6.54 Å². The Morgan fingerprint density at radius 3 is 2.78 bits per heavy atom. The number of carboxylic acids is 1. The van der Waals surface area contributed by atoms with Gasteiger partial charge in [-0.05, 0) is 20.3 Å². The maximum atomic E-state index is 12.0. The van der Waals surface area contributed by atoms with Gasteiger partial charge in [0.15, 0.2) is 0 Å². The Morgan fingerprint density at radius 1 is 1.67 bits per heavy atom. The van der Waals surface area contributed by atoms with Crippen molar-refractivity contribution in [2.75, 3.05) is 19.7 Å². The maximum absolute atomic E-state index is 12.0. The van der Waals surface area contributed by atoms with Crippen LogP contribution in [0, 0.1) is 12.3 Å². The number of aliphatic carboxylic acids is 1. The highest BCUT2D eigenvalue weighted by Crippen LogP contribution is 2.25. The molecule has 0 aliphatic carbocycles. The fourth-order valence-electron chi connectivity index (χ4n) is 1.80. The Morgan fingerprint density at radius 2 is 2.33 bits per heavy atom. The third-order valence-corrected chi connectivity index (χ3v) is 3.17. The van der Waals surface area contributed by atoms with Gasteiger partial charge in [0, 0.05) is 6.61 Å². The Bertz CT molecular complexity index is 377. The van der Waals surface area contributed by atoms with Gasteiger partial charge in [0.2, 0.25) is 0 Å². The molecular weight excluding hydrogens is 236 g/mol. The number of hydrogen-bond donors (Lipinski definition) is 2. The molecule has 1 aliphatic rings. The Labute approximate surface area is 106 Å². The molecule has 0 aromatic carbocycles. The number of nitrogens with one attached hydrogen (secondary N) is 1. The molecule has 0 aromatic heterocycles. The normalized spacial score (nSPS) is 26.4. The van der Waals surface area contributed by atoms with Gasteiger partial charge in [-0.25, -0.2) is 4.79 Å². The minimum Gasteiger partial charge on any atom is -0.480 e. The number of terminal acetylenes is 1. The summed E-state index contributed by atoms with van der Waals surface area (Å²) in [5.41, 5.74) is -0.484. The summed E-state index contributed by atoms with van der Waals surface area (Å²) in [6.07, 6.45) is 5.70. The lowest BCUT2D eigenvalue weighted by molar-refractivity contribution is -0.137. The lowest BCUT2D eigenvalue weighted by Gasteiger charge is -2.31. The number of carboxylic acid groups (broad SMARTS) is 1. The van der Waals surface area contributed by atoms with E-state index in [1.807, 2.05) is 13.8 Å². The summed E-state index contributed by atoms with van der Waals surface area (Å²) in [7, 11) is 0. The van der Waals surface area contributed by atoms with Crippen LogP contribution >= 0.6 is 0 Å². The number of carbonyl (C=O) groups is 2. The molecule has 6 nitrogen and oxygen atoms in total. The zero-order valence-corrected chi connectivity index (χ0v) is 10.6. The third-order valence-electron chi connectivity index (χ3n) is 3.17. The van der Waals surface area contributed by atoms with E-state index in [1.54, 1.807) is 0 Å². The standard InChI is InChI=1S/C12H18N2O4/c1-4-6-14(8-10(15)16)11(17)13-12(3)5-7-18-9(12)2/h1,9H,5-8H2,2-3H3,(H,13,17)(H,15,16). The van der Waals surface area contributed by atoms with E-state index >= 15 is 0 Å². The van der Waals surface area contributed by atoms with Gasteiger partial charge < -0.3 is 20.1 Å². The minimum atomic E-state index is -1.10. The molecule has 2 N–H and O–H groups in total. The lowest BCUT2D eigenvalue weighted by Crippen LogP contribution is -2.55. The quantitative estimate of drug-likeness (QED) is 0.706. The van der Waals surface area contributed by atoms with Crippen molar-refractivity contribution in [3.05, 3.63) is 0 Å². The number of urea groups is 1. The van der Waals surface area contributed by atoms with Gasteiger partial charge in [-0.2, -0.15) is 0 Å². The molecule has 2 unspecified atom stereocenters. The van der Waals surface area contributed by atoms with Crippen LogP contribution in [0.1, 0.15) is 20.3 Å². The Kier molecular flexibility index (Phi) is 4.56. The van der Waals surface area contributed by atoms with Crippen molar-refractivity contribution in [2.45, 2.75) is 31.9 Å². The number of ether oxygens (including phenoxy) is 1. The van der Waals surface area contributed by atoms with Crippen LogP contribution in [-0.4, -0.2) is 53.3 Å². The summed E-state index contributed by atoms with van der Waals surface area (Å²) in [5, 5.41) is 11.5. The summed E-state index contributed by atoms with van der Waals surface area (Å²) in [4.78, 5) is 23.7. The molecule has 6 heteroatoms. The average Bonchev–Trinajstić information content (AvgIpc) is 2.57. The Hall–Kier alpha value is -1.74. The molecule has 2 atom stereocenters. The predicted octanol–water partition coefficient (Wildman–Crippen LogP) is 0.283. The Balaban J connectivity index is 2.66. The van der Waals surface area contributed by atoms with Crippen LogP contribution < -0.4 is 5.32 Å². The molecule has 1 rings (SSSR count). The van der Waals surface area contributed by atoms with Gasteiger partial charge in [0.25, 0.3) is 0 Å². The molecule has 18 heavy (non-hydrogen) atoms. The summed E-state index contributed by atoms with van der Waals surface area (Å²) in [6, 6.07) is -0.477. The molecule has 1 fully saturated rings. The number of amides is 2. The molecule has 0 bridgehead atoms. The van der Waals surface area contributed by atoms with Crippen LogP contribution in [0.3, 0.4) is 0 Å². The molecule has 1 saturated heterocycles. The van der Waals surface area contributed by atoms with Crippen molar-refractivity contribution in [3.8, 4) is 12.3 Å². The van der Waals surface area contributed by atoms with E-state index < -0.39 is 24.1 Å². The first-order chi connectivity index (χ1) is 8.39. The van der Waals surface area contributed by atoms with Crippen LogP contribution in [0.25, 0.3) is 0 Å². The number of hydrogen-bond acceptors (Lipinski definition) is 3. The van der Waals surface area contributed by atoms with Crippen molar-refractivity contribution >= 4 is 12.0 Å². The van der Waals surface area contributed by atoms with Crippen LogP contribution in [0.5, 0.6) is 0 Å². The van der Waals surface area contributed by atoms with E-state index in [4.69, 9.17) is 16.3 Å². The first kappa shape index (κ1) is 14.3. The highest BCUT2D eigenvalue weighted by molar-refractivity contribution is 5.80. The van der Waals surface area contributed by atoms with Crippen molar-refractivity contribution in [1.82, 2.24) is 10.2 Å². The molecule has 2 amide bonds. The van der Waals surface area contributed by atoms with Crippen molar-refractivity contribution < 1.29 is 19.4 Å². The third kappa shape index (κ3) is 3.37. The molecule has 1 aliphatic heterocycles. The number of nitrogens with zero attached hydrogens (tertiary/aromatic N) is 1. The molecule has 0 saturated carbocycles. The van der Waals surface area contributed by atoms with Gasteiger partial charge in [-0.1, -0.05) is 5.92 Å². The van der Waals surface area contributed by atoms with E-state index in [0.717, 1.165) is 4.90 Å². The first-order valence-corrected chi connectivity index (χ1v) is 5.73. The second-order valence-corrected chi connectivity index (χ2v) is 4.56. The van der Waals surface area contributed by atoms with Crippen molar-refractivity contribution in [3.63, 3.8) is 0 Å². The SMILES string of the molecule is C#CCN(CC(=O)O)C(=O)NC1(C)CCOC1C. The number of rotatable bonds is 4. The molecule has 0 radical (unpaired) electrons. The fourth-order valence-corrected chi connectivity index (χ4v) is 1.80. The second kappa shape index (κ2) is 5.74. The monoisotopic (exact) mass is 254 g/mol. The van der Waals surface area contributed by atoms with E-state index in [1.165, 1.54) is 0 Å². The van der Waals surface area contributed by atoms with Crippen LogP contribution in [0.4, 0.5) is 4.79 Å². The molecule has 1 heterocycles. The first-order valence-electron chi connectivity index (χ1n) is 5.73. The predicted molar refractivity (Wildman–Crippen MR) is 65.0 cm³/mol. The van der Waals surface area contributed by atoms with Gasteiger partial charge in [-0.3, -0.25) is 4.79 Å². The zero-order chi connectivity index (χ0) is 13.8.